The van der Waals surface area contributed by atoms with E-state index < -0.39 is 0 Å². The van der Waals surface area contributed by atoms with Gasteiger partial charge in [-0.2, -0.15) is 0 Å². The first-order valence-corrected chi connectivity index (χ1v) is 16.3. The van der Waals surface area contributed by atoms with Gasteiger partial charge in [-0.25, -0.2) is 0 Å². The van der Waals surface area contributed by atoms with Gasteiger partial charge in [0.25, 0.3) is 0 Å². The third-order valence-electron chi connectivity index (χ3n) is 8.27. The van der Waals surface area contributed by atoms with Gasteiger partial charge in [0.05, 0.1) is 5.92 Å². The van der Waals surface area contributed by atoms with E-state index in [1.165, 1.54) is 140 Å². The molecule has 1 aliphatic rings. The van der Waals surface area contributed by atoms with Crippen LogP contribution in [-0.4, -0.2) is 12.4 Å². The highest BCUT2D eigenvalue weighted by atomic mass is 15.0. The molecule has 2 unspecified atom stereocenters. The third-order valence-corrected chi connectivity index (χ3v) is 8.27. The first-order chi connectivity index (χ1) is 18.3. The molecule has 0 bridgehead atoms. The Bertz CT molecular complexity index is 668. The van der Waals surface area contributed by atoms with Crippen LogP contribution in [0.5, 0.6) is 0 Å². The van der Waals surface area contributed by atoms with E-state index in [1.807, 2.05) is 12.4 Å². The number of unbranched alkanes of at least 4 members (excludes halogenated alkanes) is 17. The molecule has 0 aliphatic carbocycles. The monoisotopic (exact) mass is 507 g/mol. The van der Waals surface area contributed by atoms with E-state index in [2.05, 4.69) is 44.2 Å². The van der Waals surface area contributed by atoms with Crippen LogP contribution in [-0.2, 0) is 6.42 Å². The highest BCUT2D eigenvalue weighted by molar-refractivity contribution is 6.18. The average Bonchev–Trinajstić information content (AvgIpc) is 3.46. The van der Waals surface area contributed by atoms with Crippen molar-refractivity contribution >= 4 is 12.4 Å². The summed E-state index contributed by atoms with van der Waals surface area (Å²) in [7, 11) is 0. The molecule has 2 heteroatoms. The van der Waals surface area contributed by atoms with Crippen LogP contribution in [0.3, 0.4) is 0 Å². The van der Waals surface area contributed by atoms with Crippen molar-refractivity contribution in [1.29, 1.82) is 0 Å². The molecule has 2 rings (SSSR count). The van der Waals surface area contributed by atoms with E-state index >= 15 is 0 Å². The molecule has 0 N–H and O–H groups in total. The minimum Gasteiger partial charge on any atom is -0.0965 e. The second-order valence-electron chi connectivity index (χ2n) is 11.6. The van der Waals surface area contributed by atoms with Crippen LogP contribution < -0.4 is 0 Å². The van der Waals surface area contributed by atoms with Crippen molar-refractivity contribution < 1.29 is 0 Å². The summed E-state index contributed by atoms with van der Waals surface area (Å²) in [6.07, 6.45) is 35.2. The minimum atomic E-state index is 0.499. The number of hydrogen-bond donors (Lipinski definition) is 0. The van der Waals surface area contributed by atoms with E-state index in [9.17, 15) is 0 Å². The lowest BCUT2D eigenvalue weighted by molar-refractivity contribution is 0.284. The van der Waals surface area contributed by atoms with Crippen LogP contribution in [0.1, 0.15) is 154 Å². The van der Waals surface area contributed by atoms with Gasteiger partial charge in [0, 0.05) is 0 Å². The topological polar surface area (TPSA) is 24.7 Å². The van der Waals surface area contributed by atoms with Gasteiger partial charge < -0.3 is 0 Å². The average molecular weight is 508 g/mol. The molecule has 1 aromatic carbocycles. The molecule has 0 radical (unpaired) electrons. The van der Waals surface area contributed by atoms with Crippen LogP contribution >= 0.6 is 0 Å². The maximum absolute atomic E-state index is 4.72. The Balaban J connectivity index is 1.76. The predicted octanol–water partition coefficient (Wildman–Crippen LogP) is 11.3. The van der Waals surface area contributed by atoms with E-state index in [0.29, 0.717) is 11.8 Å². The maximum Gasteiger partial charge on any atom is 0.244 e. The van der Waals surface area contributed by atoms with E-state index in [0.717, 1.165) is 12.6 Å². The summed E-state index contributed by atoms with van der Waals surface area (Å²) in [5, 5.41) is 0. The van der Waals surface area contributed by atoms with Crippen LogP contribution in [0.4, 0.5) is 0 Å². The molecule has 2 nitrogen and oxygen atoms in total. The van der Waals surface area contributed by atoms with Crippen LogP contribution in [0.25, 0.3) is 0 Å². The van der Waals surface area contributed by atoms with Gasteiger partial charge in [-0.15, -0.1) is 0 Å². The zero-order valence-electron chi connectivity index (χ0n) is 24.6. The minimum absolute atomic E-state index is 0.499. The molecule has 0 fully saturated rings. The fourth-order valence-corrected chi connectivity index (χ4v) is 5.95. The zero-order chi connectivity index (χ0) is 26.2. The Morgan fingerprint density at radius 3 is 1.46 bits per heavy atom. The molecule has 0 amide bonds. The lowest BCUT2D eigenvalue weighted by Crippen LogP contribution is -2.22. The predicted molar refractivity (Wildman–Crippen MR) is 166 cm³/mol. The maximum atomic E-state index is 4.72. The Morgan fingerprint density at radius 1 is 0.541 bits per heavy atom. The molecular formula is C35H59N2+. The Labute approximate surface area is 231 Å². The largest absolute Gasteiger partial charge is 0.244 e. The summed E-state index contributed by atoms with van der Waals surface area (Å²) < 4.78 is 0. The van der Waals surface area contributed by atoms with Crippen LogP contribution in [0, 0.1) is 18.0 Å². The van der Waals surface area contributed by atoms with Gasteiger partial charge in [-0.3, -0.25) is 0 Å². The number of nitrogens with zero attached hydrogens (tertiary/aromatic N) is 2. The lowest BCUT2D eigenvalue weighted by atomic mass is 9.78. The van der Waals surface area contributed by atoms with Gasteiger partial charge in [0.15, 0.2) is 12.4 Å². The lowest BCUT2D eigenvalue weighted by Gasteiger charge is -2.26. The van der Waals surface area contributed by atoms with Crippen molar-refractivity contribution in [1.82, 2.24) is 0 Å². The summed E-state index contributed by atoms with van der Waals surface area (Å²) >= 11 is 0. The molecule has 208 valence electrons. The summed E-state index contributed by atoms with van der Waals surface area (Å²) in [5.74, 6) is 1.14. The highest BCUT2D eigenvalue weighted by Crippen LogP contribution is 2.37. The van der Waals surface area contributed by atoms with E-state index in [1.54, 1.807) is 0 Å². The molecule has 1 aromatic rings. The molecule has 37 heavy (non-hydrogen) atoms. The Kier molecular flexibility index (Phi) is 19.2. The first kappa shape index (κ1) is 31.6. The molecule has 1 heterocycles. The molecule has 0 saturated carbocycles. The number of aliphatic imine (C=N–C) groups is 2. The highest BCUT2D eigenvalue weighted by Gasteiger charge is 2.35. The molecule has 1 aliphatic heterocycles. The fraction of sp³-hybridized carbons (Fsp3) is 0.743. The Hall–Kier alpha value is -1.57. The smallest absolute Gasteiger partial charge is 0.0965 e. The summed E-state index contributed by atoms with van der Waals surface area (Å²) in [5.41, 5.74) is 1.47. The van der Waals surface area contributed by atoms with Crippen molar-refractivity contribution in [3.05, 3.63) is 42.1 Å². The van der Waals surface area contributed by atoms with Crippen LogP contribution in [0.15, 0.2) is 40.3 Å². The van der Waals surface area contributed by atoms with Gasteiger partial charge in [-0.05, 0) is 30.7 Å². The SMILES string of the molecule is CCCCCCCCCCCCCCC([C+]1N=CC=N1)C(CCCCCCCCC)Cc1ccccc1. The number of benzene rings is 1. The number of hydrogen-bond acceptors (Lipinski definition) is 2. The van der Waals surface area contributed by atoms with Crippen molar-refractivity contribution in [2.75, 3.05) is 0 Å². The molecule has 0 spiro atoms. The second-order valence-corrected chi connectivity index (χ2v) is 11.6. The fourth-order valence-electron chi connectivity index (χ4n) is 5.95. The van der Waals surface area contributed by atoms with Crippen molar-refractivity contribution in [3.8, 4) is 0 Å². The van der Waals surface area contributed by atoms with Crippen molar-refractivity contribution in [2.45, 2.75) is 155 Å². The van der Waals surface area contributed by atoms with Gasteiger partial charge in [0.2, 0.25) is 6.17 Å². The summed E-state index contributed by atoms with van der Waals surface area (Å²) in [6, 6.07) is 11.1. The standard InChI is InChI=1S/C35H59N2/c1-3-5-7-9-11-12-13-14-15-17-19-24-28-34(35-36-29-30-37-35)33(31-32-25-21-20-22-26-32)27-23-18-16-10-8-6-4-2/h20-22,25-26,29-30,33-34H,3-19,23-24,27-28,31H2,1-2H3/q+1. The van der Waals surface area contributed by atoms with E-state index in [-0.39, 0.29) is 0 Å². The normalized spacial score (nSPS) is 14.5. The second kappa shape index (κ2) is 22.4. The van der Waals surface area contributed by atoms with Gasteiger partial charge in [-0.1, -0.05) is 176 Å². The van der Waals surface area contributed by atoms with E-state index in [4.69, 9.17) is 9.98 Å². The molecule has 0 aromatic heterocycles. The quantitative estimate of drug-likeness (QED) is 0.0928. The van der Waals surface area contributed by atoms with Gasteiger partial charge in [0.1, 0.15) is 0 Å². The van der Waals surface area contributed by atoms with Gasteiger partial charge >= 0.3 is 0 Å². The zero-order valence-corrected chi connectivity index (χ0v) is 24.6. The first-order valence-electron chi connectivity index (χ1n) is 16.3. The Morgan fingerprint density at radius 2 is 0.973 bits per heavy atom. The molecule has 2 atom stereocenters. The number of rotatable bonds is 25. The summed E-state index contributed by atoms with van der Waals surface area (Å²) in [6.45, 7) is 4.60. The van der Waals surface area contributed by atoms with Crippen molar-refractivity contribution in [3.63, 3.8) is 0 Å². The third kappa shape index (κ3) is 15.4. The summed E-state index contributed by atoms with van der Waals surface area (Å²) in [4.78, 5) is 9.44. The molecule has 0 saturated heterocycles. The van der Waals surface area contributed by atoms with Crippen molar-refractivity contribution in [2.24, 2.45) is 21.8 Å². The van der Waals surface area contributed by atoms with Crippen LogP contribution in [0.2, 0.25) is 0 Å². The molecular weight excluding hydrogens is 448 g/mol.